The molecule has 1 unspecified atom stereocenters. The maximum Gasteiger partial charge on any atom is 0.150 e. The molecule has 19 heavy (non-hydrogen) atoms. The van der Waals surface area contributed by atoms with Crippen LogP contribution in [0.3, 0.4) is 0 Å². The first-order valence-electron chi connectivity index (χ1n) is 6.53. The summed E-state index contributed by atoms with van der Waals surface area (Å²) in [6.07, 6.45) is 1.45. The lowest BCUT2D eigenvalue weighted by Crippen LogP contribution is -2.18. The number of sulfone groups is 1. The highest BCUT2D eigenvalue weighted by Crippen LogP contribution is 2.24. The van der Waals surface area contributed by atoms with Crippen LogP contribution in [0.15, 0.2) is 18.2 Å². The van der Waals surface area contributed by atoms with Crippen molar-refractivity contribution in [1.29, 1.82) is 0 Å². The molecule has 1 aromatic carbocycles. The monoisotopic (exact) mass is 303 g/mol. The molecule has 1 N–H and O–H groups in total. The summed E-state index contributed by atoms with van der Waals surface area (Å²) < 4.78 is 22.9. The Hall–Kier alpha value is -0.580. The van der Waals surface area contributed by atoms with Crippen LogP contribution < -0.4 is 5.32 Å². The predicted molar refractivity (Wildman–Crippen MR) is 81.6 cm³/mol. The van der Waals surface area contributed by atoms with Crippen molar-refractivity contribution in [1.82, 2.24) is 5.32 Å². The maximum atomic E-state index is 11.5. The average molecular weight is 304 g/mol. The van der Waals surface area contributed by atoms with E-state index in [0.717, 1.165) is 22.6 Å². The molecule has 5 heteroatoms. The van der Waals surface area contributed by atoms with Gasteiger partial charge in [0.2, 0.25) is 0 Å². The van der Waals surface area contributed by atoms with Crippen LogP contribution >= 0.6 is 11.6 Å². The number of aryl methyl sites for hydroxylation is 1. The predicted octanol–water partition coefficient (Wildman–Crippen LogP) is 3.12. The fraction of sp³-hybridized carbons (Fsp3) is 0.571. The Labute approximate surface area is 121 Å². The van der Waals surface area contributed by atoms with Crippen molar-refractivity contribution in [2.45, 2.75) is 32.7 Å². The third kappa shape index (κ3) is 5.13. The first-order chi connectivity index (χ1) is 8.89. The van der Waals surface area contributed by atoms with Crippen LogP contribution in [-0.4, -0.2) is 27.0 Å². The summed E-state index contributed by atoms with van der Waals surface area (Å²) in [4.78, 5) is 0. The van der Waals surface area contributed by atoms with Gasteiger partial charge in [-0.3, -0.25) is 0 Å². The van der Waals surface area contributed by atoms with Gasteiger partial charge in [-0.2, -0.15) is 0 Å². The van der Waals surface area contributed by atoms with E-state index in [2.05, 4.69) is 5.32 Å². The first kappa shape index (κ1) is 16.5. The highest BCUT2D eigenvalue weighted by molar-refractivity contribution is 7.91. The van der Waals surface area contributed by atoms with Gasteiger partial charge in [0.25, 0.3) is 0 Å². The van der Waals surface area contributed by atoms with E-state index in [0.29, 0.717) is 6.42 Å². The highest BCUT2D eigenvalue weighted by atomic mass is 35.5. The third-order valence-electron chi connectivity index (χ3n) is 3.33. The number of halogens is 1. The number of hydrogen-bond donors (Lipinski definition) is 1. The molecule has 1 atom stereocenters. The lowest BCUT2D eigenvalue weighted by Gasteiger charge is -2.17. The van der Waals surface area contributed by atoms with Crippen LogP contribution in [-0.2, 0) is 9.84 Å². The molecule has 108 valence electrons. The highest BCUT2D eigenvalue weighted by Gasteiger charge is 2.13. The van der Waals surface area contributed by atoms with Gasteiger partial charge in [-0.1, -0.05) is 30.7 Å². The summed E-state index contributed by atoms with van der Waals surface area (Å²) in [5.41, 5.74) is 2.15. The van der Waals surface area contributed by atoms with Gasteiger partial charge < -0.3 is 5.32 Å². The summed E-state index contributed by atoms with van der Waals surface area (Å²) in [6, 6.07) is 6.12. The van der Waals surface area contributed by atoms with Gasteiger partial charge in [-0.25, -0.2) is 8.42 Å². The second kappa shape index (κ2) is 7.27. The Morgan fingerprint density at radius 2 is 2.05 bits per heavy atom. The molecule has 0 aliphatic carbocycles. The molecule has 1 aromatic rings. The smallest absolute Gasteiger partial charge is 0.150 e. The summed E-state index contributed by atoms with van der Waals surface area (Å²) in [5, 5.41) is 3.96. The van der Waals surface area contributed by atoms with E-state index in [1.54, 1.807) is 6.92 Å². The SMILES string of the molecule is CCS(=O)(=O)CCCC(NC)c1ccc(C)c(Cl)c1. The first-order valence-corrected chi connectivity index (χ1v) is 8.73. The fourth-order valence-electron chi connectivity index (χ4n) is 1.96. The Bertz CT molecular complexity index is 514. The van der Waals surface area contributed by atoms with Crippen molar-refractivity contribution in [3.8, 4) is 0 Å². The summed E-state index contributed by atoms with van der Waals surface area (Å²) >= 11 is 6.12. The number of benzene rings is 1. The minimum atomic E-state index is -2.87. The van der Waals surface area contributed by atoms with Crippen molar-refractivity contribution < 1.29 is 8.42 Å². The molecule has 0 saturated heterocycles. The molecule has 0 saturated carbocycles. The van der Waals surface area contributed by atoms with Crippen molar-refractivity contribution in [3.63, 3.8) is 0 Å². The van der Waals surface area contributed by atoms with Crippen LogP contribution in [0.1, 0.15) is 36.9 Å². The van der Waals surface area contributed by atoms with E-state index >= 15 is 0 Å². The molecule has 0 bridgehead atoms. The molecule has 0 fully saturated rings. The topological polar surface area (TPSA) is 46.2 Å². The van der Waals surface area contributed by atoms with Gasteiger partial charge in [0.05, 0.1) is 5.75 Å². The van der Waals surface area contributed by atoms with Crippen LogP contribution in [0.25, 0.3) is 0 Å². The Morgan fingerprint density at radius 1 is 1.37 bits per heavy atom. The van der Waals surface area contributed by atoms with Crippen LogP contribution in [0, 0.1) is 6.92 Å². The zero-order valence-electron chi connectivity index (χ0n) is 11.7. The van der Waals surface area contributed by atoms with Gasteiger partial charge in [-0.15, -0.1) is 0 Å². The van der Waals surface area contributed by atoms with Gasteiger partial charge >= 0.3 is 0 Å². The Balaban J connectivity index is 2.66. The molecular formula is C14H22ClNO2S. The molecule has 0 heterocycles. The molecule has 0 aromatic heterocycles. The standard InChI is InChI=1S/C14H22ClNO2S/c1-4-19(17,18)9-5-6-14(16-3)12-8-7-11(2)13(15)10-12/h7-8,10,14,16H,4-6,9H2,1-3H3. The molecule has 0 amide bonds. The van der Waals surface area contributed by atoms with Crippen LogP contribution in [0.5, 0.6) is 0 Å². The van der Waals surface area contributed by atoms with Gasteiger partial charge in [0, 0.05) is 16.8 Å². The Kier molecular flexibility index (Phi) is 6.30. The van der Waals surface area contributed by atoms with Crippen molar-refractivity contribution in [2.24, 2.45) is 0 Å². The summed E-state index contributed by atoms with van der Waals surface area (Å²) in [7, 11) is -0.993. The summed E-state index contributed by atoms with van der Waals surface area (Å²) in [5.74, 6) is 0.467. The lowest BCUT2D eigenvalue weighted by molar-refractivity contribution is 0.535. The van der Waals surface area contributed by atoms with Crippen molar-refractivity contribution >= 4 is 21.4 Å². The molecule has 0 aliphatic heterocycles. The molecule has 0 spiro atoms. The van der Waals surface area contributed by atoms with Crippen LogP contribution in [0.2, 0.25) is 5.02 Å². The largest absolute Gasteiger partial charge is 0.313 e. The number of hydrogen-bond acceptors (Lipinski definition) is 3. The van der Waals surface area contributed by atoms with Gasteiger partial charge in [0.1, 0.15) is 9.84 Å². The van der Waals surface area contributed by atoms with E-state index in [1.807, 2.05) is 32.2 Å². The second-order valence-electron chi connectivity index (χ2n) is 4.73. The minimum absolute atomic E-state index is 0.144. The second-order valence-corrected chi connectivity index (χ2v) is 7.61. The van der Waals surface area contributed by atoms with Crippen molar-refractivity contribution in [3.05, 3.63) is 34.3 Å². The van der Waals surface area contributed by atoms with Gasteiger partial charge in [0.15, 0.2) is 0 Å². The minimum Gasteiger partial charge on any atom is -0.313 e. The quantitative estimate of drug-likeness (QED) is 0.842. The maximum absolute atomic E-state index is 11.5. The zero-order valence-corrected chi connectivity index (χ0v) is 13.3. The molecular weight excluding hydrogens is 282 g/mol. The van der Waals surface area contributed by atoms with E-state index in [-0.39, 0.29) is 17.5 Å². The molecule has 1 rings (SSSR count). The van der Waals surface area contributed by atoms with Crippen molar-refractivity contribution in [2.75, 3.05) is 18.6 Å². The third-order valence-corrected chi connectivity index (χ3v) is 5.53. The fourth-order valence-corrected chi connectivity index (χ4v) is 3.04. The van der Waals surface area contributed by atoms with Gasteiger partial charge in [-0.05, 0) is 44.0 Å². The molecule has 0 aliphatic rings. The van der Waals surface area contributed by atoms with E-state index in [9.17, 15) is 8.42 Å². The number of rotatable bonds is 7. The Morgan fingerprint density at radius 3 is 2.58 bits per heavy atom. The van der Waals surface area contributed by atoms with E-state index < -0.39 is 9.84 Å². The van der Waals surface area contributed by atoms with E-state index in [1.165, 1.54) is 0 Å². The average Bonchev–Trinajstić information content (AvgIpc) is 2.38. The lowest BCUT2D eigenvalue weighted by atomic mass is 10.0. The number of nitrogens with one attached hydrogen (secondary N) is 1. The zero-order chi connectivity index (χ0) is 14.5. The van der Waals surface area contributed by atoms with E-state index in [4.69, 9.17) is 11.6 Å². The normalized spacial score (nSPS) is 13.5. The summed E-state index contributed by atoms with van der Waals surface area (Å²) in [6.45, 7) is 3.65. The molecule has 0 radical (unpaired) electrons. The van der Waals surface area contributed by atoms with Crippen LogP contribution in [0.4, 0.5) is 0 Å². The molecule has 3 nitrogen and oxygen atoms in total.